The molecule has 0 aliphatic rings. The zero-order valence-electron chi connectivity index (χ0n) is 10.2. The van der Waals surface area contributed by atoms with E-state index in [1.807, 2.05) is 13.8 Å². The maximum atomic E-state index is 12.0. The first-order chi connectivity index (χ1) is 7.44. The molecule has 2 unspecified atom stereocenters. The molecule has 98 valence electrons. The van der Waals surface area contributed by atoms with Gasteiger partial charge in [0, 0.05) is 19.1 Å². The average Bonchev–Trinajstić information content (AvgIpc) is 2.20. The van der Waals surface area contributed by atoms with Crippen molar-refractivity contribution in [3.8, 4) is 0 Å². The van der Waals surface area contributed by atoms with Crippen molar-refractivity contribution in [1.29, 1.82) is 0 Å². The van der Waals surface area contributed by atoms with Crippen LogP contribution in [0.15, 0.2) is 0 Å². The average molecular weight is 241 g/mol. The third-order valence-electron chi connectivity index (χ3n) is 2.58. The summed E-state index contributed by atoms with van der Waals surface area (Å²) in [5, 5.41) is 3.03. The Balaban J connectivity index is 3.98. The number of likely N-dealkylation sites (N-methyl/N-ethyl adjacent to an activating group) is 1. The van der Waals surface area contributed by atoms with Gasteiger partial charge in [-0.15, -0.1) is 0 Å². The fourth-order valence-electron chi connectivity index (χ4n) is 1.77. The highest BCUT2D eigenvalue weighted by Crippen LogP contribution is 2.23. The van der Waals surface area contributed by atoms with Gasteiger partial charge >= 0.3 is 6.18 Å². The van der Waals surface area contributed by atoms with E-state index in [9.17, 15) is 13.2 Å². The normalized spacial score (nSPS) is 16.1. The van der Waals surface area contributed by atoms with Crippen molar-refractivity contribution >= 4 is 0 Å². The predicted molar refractivity (Wildman–Crippen MR) is 58.5 cm³/mol. The van der Waals surface area contributed by atoms with Gasteiger partial charge in [-0.1, -0.05) is 6.92 Å². The van der Waals surface area contributed by atoms with Crippen molar-refractivity contribution in [3.05, 3.63) is 0 Å². The molecular weight excluding hydrogens is 219 g/mol. The summed E-state index contributed by atoms with van der Waals surface area (Å²) >= 11 is 0. The highest BCUT2D eigenvalue weighted by molar-refractivity contribution is 4.75. The van der Waals surface area contributed by atoms with E-state index >= 15 is 0 Å². The minimum absolute atomic E-state index is 0.00299. The molecule has 0 aliphatic carbocycles. The van der Waals surface area contributed by atoms with Crippen LogP contribution in [0.3, 0.4) is 0 Å². The zero-order chi connectivity index (χ0) is 12.6. The molecule has 0 aromatic rings. The van der Waals surface area contributed by atoms with Crippen LogP contribution in [0.5, 0.6) is 0 Å². The van der Waals surface area contributed by atoms with Crippen molar-refractivity contribution in [2.24, 2.45) is 0 Å². The first kappa shape index (κ1) is 15.7. The van der Waals surface area contributed by atoms with Gasteiger partial charge in [0.1, 0.15) is 0 Å². The Morgan fingerprint density at radius 1 is 1.25 bits per heavy atom. The van der Waals surface area contributed by atoms with E-state index in [2.05, 4.69) is 5.32 Å². The van der Waals surface area contributed by atoms with Crippen LogP contribution >= 0.6 is 0 Å². The van der Waals surface area contributed by atoms with Gasteiger partial charge < -0.3 is 10.1 Å². The number of ether oxygens (including phenoxy) is 1. The van der Waals surface area contributed by atoms with E-state index in [0.29, 0.717) is 13.0 Å². The summed E-state index contributed by atoms with van der Waals surface area (Å²) in [7, 11) is 1.76. The van der Waals surface area contributed by atoms with Crippen molar-refractivity contribution in [2.75, 3.05) is 13.7 Å². The van der Waals surface area contributed by atoms with Crippen LogP contribution in [0.1, 0.15) is 39.5 Å². The van der Waals surface area contributed by atoms with Crippen molar-refractivity contribution in [1.82, 2.24) is 5.32 Å². The molecular formula is C11H22F3NO. The van der Waals surface area contributed by atoms with E-state index < -0.39 is 12.6 Å². The van der Waals surface area contributed by atoms with Crippen molar-refractivity contribution < 1.29 is 17.9 Å². The Bertz CT molecular complexity index is 173. The van der Waals surface area contributed by atoms with Gasteiger partial charge in [-0.25, -0.2) is 0 Å². The molecule has 2 nitrogen and oxygen atoms in total. The highest BCUT2D eigenvalue weighted by Gasteiger charge is 2.27. The topological polar surface area (TPSA) is 21.3 Å². The molecule has 16 heavy (non-hydrogen) atoms. The lowest BCUT2D eigenvalue weighted by atomic mass is 10.0. The summed E-state index contributed by atoms with van der Waals surface area (Å²) in [5.74, 6) is 0. The quantitative estimate of drug-likeness (QED) is 0.705. The molecule has 0 rings (SSSR count). The van der Waals surface area contributed by atoms with Crippen LogP contribution in [0.25, 0.3) is 0 Å². The van der Waals surface area contributed by atoms with E-state index in [1.165, 1.54) is 0 Å². The highest BCUT2D eigenvalue weighted by atomic mass is 19.4. The summed E-state index contributed by atoms with van der Waals surface area (Å²) in [6.45, 7) is 4.47. The minimum atomic E-state index is -4.05. The maximum absolute atomic E-state index is 12.0. The molecule has 0 fully saturated rings. The minimum Gasteiger partial charge on any atom is -0.377 e. The van der Waals surface area contributed by atoms with Crippen molar-refractivity contribution in [2.45, 2.75) is 57.9 Å². The monoisotopic (exact) mass is 241 g/mol. The smallest absolute Gasteiger partial charge is 0.377 e. The number of hydrogen-bond donors (Lipinski definition) is 1. The summed E-state index contributed by atoms with van der Waals surface area (Å²) in [5.41, 5.74) is 0. The Hall–Kier alpha value is -0.290. The van der Waals surface area contributed by atoms with Crippen LogP contribution in [0.2, 0.25) is 0 Å². The first-order valence-electron chi connectivity index (χ1n) is 5.80. The van der Waals surface area contributed by atoms with Gasteiger partial charge in [0.25, 0.3) is 0 Å². The predicted octanol–water partition coefficient (Wildman–Crippen LogP) is 3.12. The van der Waals surface area contributed by atoms with E-state index in [0.717, 1.165) is 6.42 Å². The largest absolute Gasteiger partial charge is 0.389 e. The lowest BCUT2D eigenvalue weighted by Gasteiger charge is -2.26. The molecule has 0 spiro atoms. The lowest BCUT2D eigenvalue weighted by molar-refractivity contribution is -0.136. The van der Waals surface area contributed by atoms with Crippen LogP contribution < -0.4 is 5.32 Å². The summed E-state index contributed by atoms with van der Waals surface area (Å²) < 4.78 is 41.5. The molecule has 1 N–H and O–H groups in total. The summed E-state index contributed by atoms with van der Waals surface area (Å²) in [4.78, 5) is 0. The SMILES string of the molecule is CCOC(CC)C(CCCC(F)(F)F)NC. The number of halogens is 3. The van der Waals surface area contributed by atoms with Crippen LogP contribution in [-0.4, -0.2) is 32.0 Å². The van der Waals surface area contributed by atoms with Crippen LogP contribution in [-0.2, 0) is 4.74 Å². The van der Waals surface area contributed by atoms with E-state index in [4.69, 9.17) is 4.74 Å². The first-order valence-corrected chi connectivity index (χ1v) is 5.80. The Morgan fingerprint density at radius 2 is 1.88 bits per heavy atom. The molecule has 0 bridgehead atoms. The Kier molecular flexibility index (Phi) is 7.76. The molecule has 0 saturated heterocycles. The Labute approximate surface area is 95.5 Å². The fraction of sp³-hybridized carbons (Fsp3) is 1.00. The van der Waals surface area contributed by atoms with Crippen LogP contribution in [0, 0.1) is 0 Å². The third-order valence-corrected chi connectivity index (χ3v) is 2.58. The van der Waals surface area contributed by atoms with Gasteiger partial charge in [0.05, 0.1) is 6.10 Å². The van der Waals surface area contributed by atoms with Gasteiger partial charge in [0.2, 0.25) is 0 Å². The molecule has 0 aromatic carbocycles. The second-order valence-corrected chi connectivity index (χ2v) is 3.80. The van der Waals surface area contributed by atoms with Gasteiger partial charge in [-0.3, -0.25) is 0 Å². The molecule has 0 amide bonds. The Morgan fingerprint density at radius 3 is 2.25 bits per heavy atom. The number of rotatable bonds is 8. The summed E-state index contributed by atoms with van der Waals surface area (Å²) in [6, 6.07) is 0.00676. The molecule has 0 radical (unpaired) electrons. The standard InChI is InChI=1S/C11H22F3NO/c1-4-10(16-5-2)9(15-3)7-6-8-11(12,13)14/h9-10,15H,4-8H2,1-3H3. The van der Waals surface area contributed by atoms with Crippen LogP contribution in [0.4, 0.5) is 13.2 Å². The lowest BCUT2D eigenvalue weighted by Crippen LogP contribution is -2.39. The summed E-state index contributed by atoms with van der Waals surface area (Å²) in [6.07, 6.45) is -3.30. The maximum Gasteiger partial charge on any atom is 0.389 e. The van der Waals surface area contributed by atoms with Gasteiger partial charge in [-0.05, 0) is 33.2 Å². The number of nitrogens with one attached hydrogen (secondary N) is 1. The molecule has 0 aliphatic heterocycles. The molecule has 5 heteroatoms. The fourth-order valence-corrected chi connectivity index (χ4v) is 1.77. The zero-order valence-corrected chi connectivity index (χ0v) is 10.2. The third kappa shape index (κ3) is 7.06. The number of hydrogen-bond acceptors (Lipinski definition) is 2. The molecule has 0 heterocycles. The van der Waals surface area contributed by atoms with E-state index in [1.54, 1.807) is 7.05 Å². The second kappa shape index (κ2) is 7.90. The van der Waals surface area contributed by atoms with E-state index in [-0.39, 0.29) is 18.6 Å². The molecule has 0 aromatic heterocycles. The van der Waals surface area contributed by atoms with Gasteiger partial charge in [-0.2, -0.15) is 13.2 Å². The molecule has 2 atom stereocenters. The van der Waals surface area contributed by atoms with Crippen molar-refractivity contribution in [3.63, 3.8) is 0 Å². The van der Waals surface area contributed by atoms with Gasteiger partial charge in [0.15, 0.2) is 0 Å². The number of alkyl halides is 3. The molecule has 0 saturated carbocycles. The second-order valence-electron chi connectivity index (χ2n) is 3.80.